The van der Waals surface area contributed by atoms with Gasteiger partial charge in [-0.3, -0.25) is 0 Å². The third kappa shape index (κ3) is 1.41. The van der Waals surface area contributed by atoms with Gasteiger partial charge in [-0.05, 0) is 36.5 Å². The Kier molecular flexibility index (Phi) is 1.97. The number of nitrogen functional groups attached to an aromatic ring is 1. The number of benzene rings is 1. The Morgan fingerprint density at radius 1 is 1.42 bits per heavy atom. The zero-order valence-corrected chi connectivity index (χ0v) is 8.20. The van der Waals surface area contributed by atoms with E-state index in [2.05, 4.69) is 12.6 Å². The molecule has 0 heterocycles. The maximum absolute atomic E-state index is 6.03. The van der Waals surface area contributed by atoms with Crippen LogP contribution in [-0.2, 0) is 0 Å². The van der Waals surface area contributed by atoms with Crippen molar-refractivity contribution in [2.75, 3.05) is 5.73 Å². The van der Waals surface area contributed by atoms with Crippen molar-refractivity contribution >= 4 is 29.9 Å². The van der Waals surface area contributed by atoms with Crippen molar-refractivity contribution < 1.29 is 0 Å². The van der Waals surface area contributed by atoms with E-state index in [0.717, 1.165) is 15.6 Å². The predicted molar refractivity (Wildman–Crippen MR) is 55.1 cm³/mol. The molecule has 1 aliphatic rings. The van der Waals surface area contributed by atoms with Crippen LogP contribution in [0, 0.1) is 0 Å². The first-order chi connectivity index (χ1) is 5.68. The van der Waals surface area contributed by atoms with Gasteiger partial charge in [0.2, 0.25) is 0 Å². The van der Waals surface area contributed by atoms with Crippen molar-refractivity contribution in [3.8, 4) is 0 Å². The molecular formula is C9H10ClNS. The molecule has 1 aromatic carbocycles. The Labute approximate surface area is 82.3 Å². The lowest BCUT2D eigenvalue weighted by molar-refractivity contribution is 1.12. The third-order valence-corrected chi connectivity index (χ3v) is 2.88. The van der Waals surface area contributed by atoms with Crippen LogP contribution < -0.4 is 5.73 Å². The van der Waals surface area contributed by atoms with E-state index in [1.54, 1.807) is 0 Å². The standard InChI is InChI=1S/C9H10ClNS/c10-7-4-9(12)8(11)3-6(7)5-1-2-5/h3-5,12H,1-2,11H2. The first kappa shape index (κ1) is 8.27. The lowest BCUT2D eigenvalue weighted by Crippen LogP contribution is -1.90. The monoisotopic (exact) mass is 199 g/mol. The minimum atomic E-state index is 0.647. The van der Waals surface area contributed by atoms with Gasteiger partial charge in [-0.15, -0.1) is 12.6 Å². The summed E-state index contributed by atoms with van der Waals surface area (Å²) in [7, 11) is 0. The van der Waals surface area contributed by atoms with Crippen molar-refractivity contribution in [3.05, 3.63) is 22.7 Å². The molecule has 1 aromatic rings. The Hall–Kier alpha value is -0.340. The molecule has 0 unspecified atom stereocenters. The number of halogens is 1. The summed E-state index contributed by atoms with van der Waals surface area (Å²) in [6, 6.07) is 3.77. The second kappa shape index (κ2) is 2.86. The molecule has 0 saturated heterocycles. The Balaban J connectivity index is 2.47. The SMILES string of the molecule is Nc1cc(C2CC2)c(Cl)cc1S. The number of rotatable bonds is 1. The second-order valence-corrected chi connectivity index (χ2v) is 4.10. The summed E-state index contributed by atoms with van der Waals surface area (Å²) in [5.74, 6) is 0.647. The van der Waals surface area contributed by atoms with Crippen molar-refractivity contribution in [2.45, 2.75) is 23.7 Å². The lowest BCUT2D eigenvalue weighted by Gasteiger charge is -2.05. The summed E-state index contributed by atoms with van der Waals surface area (Å²) in [6.45, 7) is 0. The molecule has 1 nitrogen and oxygen atoms in total. The fourth-order valence-corrected chi connectivity index (χ4v) is 1.89. The highest BCUT2D eigenvalue weighted by Crippen LogP contribution is 2.44. The maximum atomic E-state index is 6.03. The summed E-state index contributed by atoms with van der Waals surface area (Å²) in [5.41, 5.74) is 7.63. The average Bonchev–Trinajstić information content (AvgIpc) is 2.79. The third-order valence-electron chi connectivity index (χ3n) is 2.16. The van der Waals surface area contributed by atoms with Crippen LogP contribution in [0.4, 0.5) is 5.69 Å². The number of hydrogen-bond acceptors (Lipinski definition) is 2. The molecule has 0 aromatic heterocycles. The molecule has 0 spiro atoms. The molecule has 0 atom stereocenters. The van der Waals surface area contributed by atoms with Crippen LogP contribution in [0.2, 0.25) is 5.02 Å². The largest absolute Gasteiger partial charge is 0.398 e. The fraction of sp³-hybridized carbons (Fsp3) is 0.333. The van der Waals surface area contributed by atoms with Gasteiger partial charge in [0.1, 0.15) is 0 Å². The zero-order chi connectivity index (χ0) is 8.72. The van der Waals surface area contributed by atoms with Crippen LogP contribution >= 0.6 is 24.2 Å². The molecule has 3 heteroatoms. The van der Waals surface area contributed by atoms with Gasteiger partial charge < -0.3 is 5.73 Å². The molecule has 1 fully saturated rings. The van der Waals surface area contributed by atoms with Gasteiger partial charge >= 0.3 is 0 Å². The average molecular weight is 200 g/mol. The highest BCUT2D eigenvalue weighted by Gasteiger charge is 2.26. The smallest absolute Gasteiger partial charge is 0.0453 e. The summed E-state index contributed by atoms with van der Waals surface area (Å²) < 4.78 is 0. The van der Waals surface area contributed by atoms with E-state index in [1.807, 2.05) is 12.1 Å². The molecule has 2 rings (SSSR count). The topological polar surface area (TPSA) is 26.0 Å². The summed E-state index contributed by atoms with van der Waals surface area (Å²) in [5, 5.41) is 0.803. The van der Waals surface area contributed by atoms with E-state index in [0.29, 0.717) is 5.92 Å². The lowest BCUT2D eigenvalue weighted by atomic mass is 10.1. The zero-order valence-electron chi connectivity index (χ0n) is 6.55. The Morgan fingerprint density at radius 2 is 2.08 bits per heavy atom. The van der Waals surface area contributed by atoms with Crippen LogP contribution in [0.5, 0.6) is 0 Å². The van der Waals surface area contributed by atoms with Crippen molar-refractivity contribution in [1.29, 1.82) is 0 Å². The van der Waals surface area contributed by atoms with Crippen LogP contribution in [0.15, 0.2) is 17.0 Å². The first-order valence-corrected chi connectivity index (χ1v) is 4.79. The highest BCUT2D eigenvalue weighted by atomic mass is 35.5. The first-order valence-electron chi connectivity index (χ1n) is 3.96. The molecule has 0 aliphatic heterocycles. The van der Waals surface area contributed by atoms with Gasteiger partial charge in [0, 0.05) is 15.6 Å². The quantitative estimate of drug-likeness (QED) is 0.528. The van der Waals surface area contributed by atoms with Gasteiger partial charge in [0.15, 0.2) is 0 Å². The molecule has 12 heavy (non-hydrogen) atoms. The van der Waals surface area contributed by atoms with E-state index in [-0.39, 0.29) is 0 Å². The van der Waals surface area contributed by atoms with Crippen LogP contribution in [0.1, 0.15) is 24.3 Å². The van der Waals surface area contributed by atoms with E-state index in [9.17, 15) is 0 Å². The van der Waals surface area contributed by atoms with E-state index in [4.69, 9.17) is 17.3 Å². The predicted octanol–water partition coefficient (Wildman–Crippen LogP) is 3.09. The van der Waals surface area contributed by atoms with Gasteiger partial charge in [-0.25, -0.2) is 0 Å². The summed E-state index contributed by atoms with van der Waals surface area (Å²) in [4.78, 5) is 0.768. The Bertz CT molecular complexity index is 321. The molecule has 0 bridgehead atoms. The summed E-state index contributed by atoms with van der Waals surface area (Å²) >= 11 is 10.2. The van der Waals surface area contributed by atoms with E-state index >= 15 is 0 Å². The van der Waals surface area contributed by atoms with Crippen molar-refractivity contribution in [2.24, 2.45) is 0 Å². The molecule has 1 aliphatic carbocycles. The van der Waals surface area contributed by atoms with E-state index in [1.165, 1.54) is 18.4 Å². The van der Waals surface area contributed by atoms with E-state index < -0.39 is 0 Å². The highest BCUT2D eigenvalue weighted by molar-refractivity contribution is 7.80. The van der Waals surface area contributed by atoms with Gasteiger partial charge in [-0.2, -0.15) is 0 Å². The van der Waals surface area contributed by atoms with Gasteiger partial charge in [0.05, 0.1) is 0 Å². The van der Waals surface area contributed by atoms with Crippen LogP contribution in [0.25, 0.3) is 0 Å². The molecule has 64 valence electrons. The molecule has 0 radical (unpaired) electrons. The molecular weight excluding hydrogens is 190 g/mol. The number of nitrogens with two attached hydrogens (primary N) is 1. The maximum Gasteiger partial charge on any atom is 0.0453 e. The second-order valence-electron chi connectivity index (χ2n) is 3.21. The summed E-state index contributed by atoms with van der Waals surface area (Å²) in [6.07, 6.45) is 2.48. The molecule has 1 saturated carbocycles. The fourth-order valence-electron chi connectivity index (χ4n) is 1.30. The molecule has 0 amide bonds. The van der Waals surface area contributed by atoms with Crippen molar-refractivity contribution in [1.82, 2.24) is 0 Å². The number of anilines is 1. The Morgan fingerprint density at radius 3 is 2.67 bits per heavy atom. The van der Waals surface area contributed by atoms with Crippen molar-refractivity contribution in [3.63, 3.8) is 0 Å². The van der Waals surface area contributed by atoms with Gasteiger partial charge in [0.25, 0.3) is 0 Å². The minimum Gasteiger partial charge on any atom is -0.398 e. The van der Waals surface area contributed by atoms with Gasteiger partial charge in [-0.1, -0.05) is 11.6 Å². The van der Waals surface area contributed by atoms with Crippen LogP contribution in [0.3, 0.4) is 0 Å². The number of thiol groups is 1. The molecule has 2 N–H and O–H groups in total. The number of hydrogen-bond donors (Lipinski definition) is 2. The van der Waals surface area contributed by atoms with Crippen LogP contribution in [-0.4, -0.2) is 0 Å². The normalized spacial score (nSPS) is 16.5. The minimum absolute atomic E-state index is 0.647.